The van der Waals surface area contributed by atoms with Crippen molar-refractivity contribution in [3.63, 3.8) is 0 Å². The summed E-state index contributed by atoms with van der Waals surface area (Å²) < 4.78 is 30.8. The van der Waals surface area contributed by atoms with Crippen LogP contribution in [0.2, 0.25) is 0 Å². The quantitative estimate of drug-likeness (QED) is 0.634. The van der Waals surface area contributed by atoms with Gasteiger partial charge in [0.1, 0.15) is 0 Å². The first-order chi connectivity index (χ1) is 7.04. The van der Waals surface area contributed by atoms with Gasteiger partial charge < -0.3 is 0 Å². The normalized spacial score (nSPS) is 13.3. The molecule has 0 bridgehead atoms. The minimum absolute atomic E-state index is 0.115. The Morgan fingerprint density at radius 3 is 2.33 bits per heavy atom. The van der Waals surface area contributed by atoms with E-state index in [9.17, 15) is 8.42 Å². The highest BCUT2D eigenvalue weighted by molar-refractivity contribution is 7.90. The SMILES string of the molecule is C/C=C/C(=C\c1ccccc1)S(=O)(=O)O. The van der Waals surface area contributed by atoms with Crippen LogP contribution < -0.4 is 0 Å². The zero-order valence-electron chi connectivity index (χ0n) is 8.29. The van der Waals surface area contributed by atoms with Gasteiger partial charge in [0.2, 0.25) is 0 Å². The second-order valence-corrected chi connectivity index (χ2v) is 4.35. The molecule has 0 aromatic heterocycles. The molecule has 0 saturated carbocycles. The van der Waals surface area contributed by atoms with E-state index >= 15 is 0 Å². The molecule has 1 aromatic carbocycles. The topological polar surface area (TPSA) is 54.4 Å². The van der Waals surface area contributed by atoms with E-state index in [2.05, 4.69) is 0 Å². The second kappa shape index (κ2) is 4.91. The van der Waals surface area contributed by atoms with Crippen molar-refractivity contribution in [1.29, 1.82) is 0 Å². The molecular weight excluding hydrogens is 212 g/mol. The molecule has 0 aliphatic carbocycles. The molecule has 0 unspecified atom stereocenters. The van der Waals surface area contributed by atoms with Gasteiger partial charge in [-0.2, -0.15) is 8.42 Å². The average Bonchev–Trinajstić information content (AvgIpc) is 2.17. The van der Waals surface area contributed by atoms with Crippen molar-refractivity contribution in [3.05, 3.63) is 53.0 Å². The van der Waals surface area contributed by atoms with Crippen LogP contribution in [0.15, 0.2) is 47.4 Å². The second-order valence-electron chi connectivity index (χ2n) is 2.93. The summed E-state index contributed by atoms with van der Waals surface area (Å²) in [6.45, 7) is 1.68. The Hall–Kier alpha value is -1.39. The lowest BCUT2D eigenvalue weighted by molar-refractivity contribution is 0.492. The Balaban J connectivity index is 3.17. The third-order valence-corrected chi connectivity index (χ3v) is 2.59. The molecule has 0 saturated heterocycles. The van der Waals surface area contributed by atoms with Gasteiger partial charge in [-0.1, -0.05) is 36.4 Å². The summed E-state index contributed by atoms with van der Waals surface area (Å²) in [5.41, 5.74) is 0.725. The summed E-state index contributed by atoms with van der Waals surface area (Å²) in [5, 5.41) is 0. The zero-order chi connectivity index (χ0) is 11.3. The monoisotopic (exact) mass is 224 g/mol. The van der Waals surface area contributed by atoms with Crippen molar-refractivity contribution < 1.29 is 13.0 Å². The van der Waals surface area contributed by atoms with E-state index in [4.69, 9.17) is 4.55 Å². The fourth-order valence-corrected chi connectivity index (χ4v) is 1.68. The molecule has 1 aromatic rings. The fourth-order valence-electron chi connectivity index (χ4n) is 1.09. The number of hydrogen-bond acceptors (Lipinski definition) is 2. The maximum atomic E-state index is 11.0. The van der Waals surface area contributed by atoms with Gasteiger partial charge in [0.25, 0.3) is 10.1 Å². The van der Waals surface area contributed by atoms with E-state index < -0.39 is 10.1 Å². The van der Waals surface area contributed by atoms with Crippen LogP contribution in [0.5, 0.6) is 0 Å². The summed E-state index contributed by atoms with van der Waals surface area (Å²) in [4.78, 5) is -0.115. The molecule has 4 heteroatoms. The molecule has 3 nitrogen and oxygen atoms in total. The number of benzene rings is 1. The third-order valence-electron chi connectivity index (χ3n) is 1.74. The predicted octanol–water partition coefficient (Wildman–Crippen LogP) is 2.49. The summed E-state index contributed by atoms with van der Waals surface area (Å²) in [7, 11) is -4.15. The van der Waals surface area contributed by atoms with Crippen LogP contribution in [-0.4, -0.2) is 13.0 Å². The van der Waals surface area contributed by atoms with Crippen LogP contribution in [0.1, 0.15) is 12.5 Å². The highest BCUT2D eigenvalue weighted by Gasteiger charge is 2.09. The Morgan fingerprint density at radius 1 is 1.27 bits per heavy atom. The summed E-state index contributed by atoms with van der Waals surface area (Å²) >= 11 is 0. The van der Waals surface area contributed by atoms with Crippen molar-refractivity contribution >= 4 is 16.2 Å². The summed E-state index contributed by atoms with van der Waals surface area (Å²) in [5.74, 6) is 0. The first-order valence-corrected chi connectivity index (χ1v) is 5.85. The fraction of sp³-hybridized carbons (Fsp3) is 0.0909. The van der Waals surface area contributed by atoms with Crippen molar-refractivity contribution in [2.24, 2.45) is 0 Å². The van der Waals surface area contributed by atoms with Crippen molar-refractivity contribution in [1.82, 2.24) is 0 Å². The number of allylic oxidation sites excluding steroid dienone is 2. The van der Waals surface area contributed by atoms with Gasteiger partial charge >= 0.3 is 0 Å². The molecular formula is C11H12O3S. The smallest absolute Gasteiger partial charge is 0.282 e. The Morgan fingerprint density at radius 2 is 1.87 bits per heavy atom. The first kappa shape index (κ1) is 11.7. The molecule has 1 rings (SSSR count). The standard InChI is InChI=1S/C11H12O3S/c1-2-6-11(15(12,13)14)9-10-7-4-3-5-8-10/h2-9H,1H3,(H,12,13,14)/b6-2+,11-9+. The van der Waals surface area contributed by atoms with Crippen LogP contribution >= 0.6 is 0 Å². The van der Waals surface area contributed by atoms with Gasteiger partial charge in [-0.3, -0.25) is 4.55 Å². The van der Waals surface area contributed by atoms with Crippen LogP contribution in [0.3, 0.4) is 0 Å². The van der Waals surface area contributed by atoms with E-state index in [1.165, 1.54) is 12.2 Å². The van der Waals surface area contributed by atoms with E-state index in [-0.39, 0.29) is 4.91 Å². The molecule has 0 fully saturated rings. The molecule has 0 amide bonds. The lowest BCUT2D eigenvalue weighted by Gasteiger charge is -1.98. The van der Waals surface area contributed by atoms with E-state index in [1.54, 1.807) is 37.3 Å². The zero-order valence-corrected chi connectivity index (χ0v) is 9.11. The van der Waals surface area contributed by atoms with Crippen molar-refractivity contribution in [2.45, 2.75) is 6.92 Å². The molecule has 0 heterocycles. The molecule has 80 valence electrons. The van der Waals surface area contributed by atoms with Crippen LogP contribution in [0, 0.1) is 0 Å². The molecule has 0 radical (unpaired) electrons. The maximum Gasteiger partial charge on any atom is 0.294 e. The molecule has 0 atom stereocenters. The maximum absolute atomic E-state index is 11.0. The number of hydrogen-bond donors (Lipinski definition) is 1. The van der Waals surface area contributed by atoms with Gasteiger partial charge in [-0.05, 0) is 24.6 Å². The first-order valence-electron chi connectivity index (χ1n) is 4.41. The minimum atomic E-state index is -4.15. The predicted molar refractivity (Wildman–Crippen MR) is 60.8 cm³/mol. The average molecular weight is 224 g/mol. The summed E-state index contributed by atoms with van der Waals surface area (Å²) in [6.07, 6.45) is 4.32. The molecule has 0 aliphatic rings. The molecule has 0 spiro atoms. The Bertz CT molecular complexity index is 470. The third kappa shape index (κ3) is 3.69. The summed E-state index contributed by atoms with van der Waals surface area (Å²) in [6, 6.07) is 8.94. The molecule has 1 N–H and O–H groups in total. The van der Waals surface area contributed by atoms with Gasteiger partial charge in [0.15, 0.2) is 0 Å². The van der Waals surface area contributed by atoms with Crippen LogP contribution in [0.25, 0.3) is 6.08 Å². The van der Waals surface area contributed by atoms with Gasteiger partial charge in [-0.15, -0.1) is 0 Å². The lowest BCUT2D eigenvalue weighted by atomic mass is 10.2. The van der Waals surface area contributed by atoms with Crippen molar-refractivity contribution in [3.8, 4) is 0 Å². The van der Waals surface area contributed by atoms with Crippen LogP contribution in [-0.2, 0) is 10.1 Å². The Labute approximate surface area is 89.5 Å². The lowest BCUT2D eigenvalue weighted by Crippen LogP contribution is -1.99. The molecule has 0 aliphatic heterocycles. The molecule has 15 heavy (non-hydrogen) atoms. The van der Waals surface area contributed by atoms with Gasteiger partial charge in [-0.25, -0.2) is 0 Å². The number of rotatable bonds is 3. The van der Waals surface area contributed by atoms with E-state index in [0.29, 0.717) is 0 Å². The van der Waals surface area contributed by atoms with E-state index in [1.807, 2.05) is 6.07 Å². The highest BCUT2D eigenvalue weighted by atomic mass is 32.2. The van der Waals surface area contributed by atoms with Gasteiger partial charge in [0, 0.05) is 0 Å². The van der Waals surface area contributed by atoms with Crippen LogP contribution in [0.4, 0.5) is 0 Å². The highest BCUT2D eigenvalue weighted by Crippen LogP contribution is 2.12. The Kier molecular flexibility index (Phi) is 3.82. The van der Waals surface area contributed by atoms with Gasteiger partial charge in [0.05, 0.1) is 4.91 Å². The minimum Gasteiger partial charge on any atom is -0.282 e. The van der Waals surface area contributed by atoms with Crippen molar-refractivity contribution in [2.75, 3.05) is 0 Å². The van der Waals surface area contributed by atoms with E-state index in [0.717, 1.165) is 5.56 Å². The largest absolute Gasteiger partial charge is 0.294 e.